The highest BCUT2D eigenvalue weighted by Crippen LogP contribution is 2.23. The topological polar surface area (TPSA) is 38.5 Å². The van der Waals surface area contributed by atoms with Gasteiger partial charge in [0.25, 0.3) is 0 Å². The van der Waals surface area contributed by atoms with Gasteiger partial charge in [-0.15, -0.1) is 0 Å². The average molecular weight is 284 g/mol. The molecule has 0 aliphatic rings. The molecule has 0 amide bonds. The minimum absolute atomic E-state index is 0.0846. The summed E-state index contributed by atoms with van der Waals surface area (Å²) < 4.78 is 40.7. The minimum atomic E-state index is -4.25. The van der Waals surface area contributed by atoms with Crippen molar-refractivity contribution in [2.75, 3.05) is 32.8 Å². The van der Waals surface area contributed by atoms with Crippen molar-refractivity contribution >= 4 is 0 Å². The van der Waals surface area contributed by atoms with Crippen molar-refractivity contribution in [3.05, 3.63) is 0 Å². The molecule has 0 aliphatic carbocycles. The molecule has 0 aromatic heterocycles. The highest BCUT2D eigenvalue weighted by atomic mass is 19.4. The van der Waals surface area contributed by atoms with Crippen molar-refractivity contribution in [2.45, 2.75) is 51.7 Å². The summed E-state index contributed by atoms with van der Waals surface area (Å²) in [6.45, 7) is 6.92. The predicted octanol–water partition coefficient (Wildman–Crippen LogP) is 2.79. The molecule has 0 atom stereocenters. The van der Waals surface area contributed by atoms with E-state index in [1.165, 1.54) is 0 Å². The smallest absolute Gasteiger partial charge is 0.371 e. The van der Waals surface area contributed by atoms with Crippen LogP contribution >= 0.6 is 0 Å². The van der Waals surface area contributed by atoms with Gasteiger partial charge >= 0.3 is 6.18 Å². The van der Waals surface area contributed by atoms with E-state index < -0.39 is 12.8 Å². The number of alkyl halides is 3. The van der Waals surface area contributed by atoms with E-state index in [0.717, 1.165) is 25.8 Å². The number of ether oxygens (including phenoxy) is 1. The third kappa shape index (κ3) is 6.58. The van der Waals surface area contributed by atoms with Crippen molar-refractivity contribution in [1.29, 1.82) is 0 Å². The molecule has 0 saturated carbocycles. The van der Waals surface area contributed by atoms with E-state index in [2.05, 4.69) is 25.7 Å². The molecule has 0 heterocycles. The summed E-state index contributed by atoms with van der Waals surface area (Å²) in [5, 5.41) is 0. The van der Waals surface area contributed by atoms with E-state index in [1.807, 2.05) is 0 Å². The monoisotopic (exact) mass is 284 g/mol. The van der Waals surface area contributed by atoms with Crippen LogP contribution in [0.4, 0.5) is 13.2 Å². The predicted molar refractivity (Wildman–Crippen MR) is 71.1 cm³/mol. The van der Waals surface area contributed by atoms with E-state index in [0.29, 0.717) is 13.1 Å². The molecule has 19 heavy (non-hydrogen) atoms. The van der Waals surface area contributed by atoms with E-state index in [9.17, 15) is 13.2 Å². The van der Waals surface area contributed by atoms with Gasteiger partial charge in [-0.05, 0) is 25.8 Å². The van der Waals surface area contributed by atoms with Crippen LogP contribution in [0.25, 0.3) is 0 Å². The summed E-state index contributed by atoms with van der Waals surface area (Å²) in [5.74, 6) is 0. The second-order valence-electron chi connectivity index (χ2n) is 4.79. The number of halogens is 3. The van der Waals surface area contributed by atoms with Crippen molar-refractivity contribution in [2.24, 2.45) is 5.73 Å². The fraction of sp³-hybridized carbons (Fsp3) is 1.00. The molecule has 0 radical (unpaired) electrons. The highest BCUT2D eigenvalue weighted by Gasteiger charge is 2.32. The van der Waals surface area contributed by atoms with E-state index in [4.69, 9.17) is 10.5 Å². The van der Waals surface area contributed by atoms with Crippen LogP contribution in [0.5, 0.6) is 0 Å². The Morgan fingerprint density at radius 2 is 1.63 bits per heavy atom. The number of nitrogens with two attached hydrogens (primary N) is 1. The molecule has 0 bridgehead atoms. The molecule has 116 valence electrons. The van der Waals surface area contributed by atoms with Gasteiger partial charge in [0.15, 0.2) is 0 Å². The Morgan fingerprint density at radius 3 is 2.00 bits per heavy atom. The lowest BCUT2D eigenvalue weighted by Gasteiger charge is -2.42. The van der Waals surface area contributed by atoms with E-state index in [-0.39, 0.29) is 12.1 Å². The summed E-state index contributed by atoms with van der Waals surface area (Å²) in [4.78, 5) is 2.17. The average Bonchev–Trinajstić information content (AvgIpc) is 2.36. The van der Waals surface area contributed by atoms with Crippen LogP contribution in [0.3, 0.4) is 0 Å². The van der Waals surface area contributed by atoms with Crippen LogP contribution in [-0.4, -0.2) is 49.5 Å². The minimum Gasteiger partial charge on any atom is -0.371 e. The number of nitrogens with zero attached hydrogens (tertiary/aromatic N) is 1. The molecule has 0 aromatic rings. The van der Waals surface area contributed by atoms with Gasteiger partial charge in [0.2, 0.25) is 0 Å². The van der Waals surface area contributed by atoms with Gasteiger partial charge < -0.3 is 10.5 Å². The third-order valence-electron chi connectivity index (χ3n) is 3.63. The lowest BCUT2D eigenvalue weighted by atomic mass is 9.90. The first-order valence-corrected chi connectivity index (χ1v) is 6.94. The Labute approximate surface area is 114 Å². The zero-order valence-corrected chi connectivity index (χ0v) is 12.2. The van der Waals surface area contributed by atoms with Crippen molar-refractivity contribution < 1.29 is 17.9 Å². The molecular weight excluding hydrogens is 257 g/mol. The van der Waals surface area contributed by atoms with Gasteiger partial charge in [-0.3, -0.25) is 4.90 Å². The normalized spacial score (nSPS) is 13.3. The number of rotatable bonds is 10. The lowest BCUT2D eigenvalue weighted by molar-refractivity contribution is -0.175. The molecule has 6 heteroatoms. The van der Waals surface area contributed by atoms with Gasteiger partial charge in [-0.25, -0.2) is 0 Å². The van der Waals surface area contributed by atoms with Crippen LogP contribution < -0.4 is 5.73 Å². The van der Waals surface area contributed by atoms with Crippen LogP contribution in [0.1, 0.15) is 40.0 Å². The maximum absolute atomic E-state index is 12.0. The Bertz CT molecular complexity index is 222. The van der Waals surface area contributed by atoms with Crippen LogP contribution in [0.2, 0.25) is 0 Å². The van der Waals surface area contributed by atoms with Crippen molar-refractivity contribution in [3.8, 4) is 0 Å². The first-order valence-electron chi connectivity index (χ1n) is 6.94. The zero-order valence-electron chi connectivity index (χ0n) is 12.2. The van der Waals surface area contributed by atoms with Gasteiger partial charge in [0.1, 0.15) is 6.61 Å². The first-order chi connectivity index (χ1) is 8.85. The Morgan fingerprint density at radius 1 is 1.05 bits per heavy atom. The summed E-state index contributed by atoms with van der Waals surface area (Å²) in [6.07, 6.45) is -1.53. The fourth-order valence-electron chi connectivity index (χ4n) is 2.33. The highest BCUT2D eigenvalue weighted by molar-refractivity contribution is 4.89. The maximum atomic E-state index is 12.0. The second kappa shape index (κ2) is 8.76. The lowest BCUT2D eigenvalue weighted by Crippen LogP contribution is -2.54. The van der Waals surface area contributed by atoms with E-state index >= 15 is 0 Å². The molecule has 0 aliphatic heterocycles. The molecule has 3 nitrogen and oxygen atoms in total. The molecule has 0 aromatic carbocycles. The quantitative estimate of drug-likeness (QED) is 0.627. The zero-order chi connectivity index (χ0) is 14.9. The standard InChI is InChI=1S/C13H27F3N2O/c1-4-7-18(12(5-2,6-3)10-17)8-9-19-11-13(14,15)16/h4-11,17H2,1-3H3. The summed E-state index contributed by atoms with van der Waals surface area (Å²) in [6, 6.07) is 0. The van der Waals surface area contributed by atoms with E-state index in [1.54, 1.807) is 0 Å². The molecule has 0 spiro atoms. The second-order valence-corrected chi connectivity index (χ2v) is 4.79. The molecule has 0 unspecified atom stereocenters. The molecular formula is C13H27F3N2O. The van der Waals surface area contributed by atoms with Crippen LogP contribution in [0.15, 0.2) is 0 Å². The number of hydrogen-bond donors (Lipinski definition) is 1. The van der Waals surface area contributed by atoms with Gasteiger partial charge in [-0.2, -0.15) is 13.2 Å². The van der Waals surface area contributed by atoms with Crippen LogP contribution in [-0.2, 0) is 4.74 Å². The summed E-state index contributed by atoms with van der Waals surface area (Å²) >= 11 is 0. The van der Waals surface area contributed by atoms with Crippen LogP contribution in [0, 0.1) is 0 Å². The SMILES string of the molecule is CCCN(CCOCC(F)(F)F)C(CC)(CC)CN. The summed E-state index contributed by atoms with van der Waals surface area (Å²) in [5.41, 5.74) is 5.74. The van der Waals surface area contributed by atoms with Crippen molar-refractivity contribution in [1.82, 2.24) is 4.90 Å². The largest absolute Gasteiger partial charge is 0.411 e. The van der Waals surface area contributed by atoms with Gasteiger partial charge in [-0.1, -0.05) is 20.8 Å². The molecule has 0 saturated heterocycles. The first kappa shape index (κ1) is 18.7. The maximum Gasteiger partial charge on any atom is 0.411 e. The Balaban J connectivity index is 4.39. The Kier molecular flexibility index (Phi) is 8.61. The molecule has 2 N–H and O–H groups in total. The Hall–Kier alpha value is -0.330. The van der Waals surface area contributed by atoms with Gasteiger partial charge in [0.05, 0.1) is 6.61 Å². The fourth-order valence-corrected chi connectivity index (χ4v) is 2.33. The summed E-state index contributed by atoms with van der Waals surface area (Å²) in [7, 11) is 0. The van der Waals surface area contributed by atoms with Gasteiger partial charge in [0, 0.05) is 18.6 Å². The van der Waals surface area contributed by atoms with Crippen molar-refractivity contribution in [3.63, 3.8) is 0 Å². The molecule has 0 fully saturated rings. The molecule has 0 rings (SSSR count). The third-order valence-corrected chi connectivity index (χ3v) is 3.63. The number of hydrogen-bond acceptors (Lipinski definition) is 3.